The van der Waals surface area contributed by atoms with Crippen molar-refractivity contribution in [2.75, 3.05) is 6.61 Å². The second kappa shape index (κ2) is 7.01. The largest absolute Gasteiger partial charge is 0.462 e. The van der Waals surface area contributed by atoms with Gasteiger partial charge in [0.15, 0.2) is 0 Å². The number of benzene rings is 2. The highest BCUT2D eigenvalue weighted by Crippen LogP contribution is 2.35. The molecule has 0 spiro atoms. The van der Waals surface area contributed by atoms with E-state index in [-0.39, 0.29) is 18.3 Å². The average Bonchev–Trinajstić information content (AvgIpc) is 2.60. The van der Waals surface area contributed by atoms with Crippen molar-refractivity contribution in [3.63, 3.8) is 0 Å². The van der Waals surface area contributed by atoms with E-state index < -0.39 is 5.97 Å². The van der Waals surface area contributed by atoms with Gasteiger partial charge in [0, 0.05) is 10.9 Å². The molecule has 4 heteroatoms. The summed E-state index contributed by atoms with van der Waals surface area (Å²) >= 11 is 0. The van der Waals surface area contributed by atoms with E-state index in [4.69, 9.17) is 9.72 Å². The number of nitrogens with zero attached hydrogens (tertiary/aromatic N) is 1. The first-order valence-electron chi connectivity index (χ1n) is 8.38. The van der Waals surface area contributed by atoms with Gasteiger partial charge >= 0.3 is 5.97 Å². The van der Waals surface area contributed by atoms with Crippen molar-refractivity contribution in [2.24, 2.45) is 0 Å². The number of ether oxygens (including phenoxy) is 1. The predicted octanol–water partition coefficient (Wildman–Crippen LogP) is 5.34. The number of halogens is 1. The first-order valence-corrected chi connectivity index (χ1v) is 8.38. The number of hydrogen-bond acceptors (Lipinski definition) is 3. The molecule has 0 aliphatic rings. The lowest BCUT2D eigenvalue weighted by atomic mass is 9.90. The quantitative estimate of drug-likeness (QED) is 0.603. The van der Waals surface area contributed by atoms with Crippen molar-refractivity contribution >= 4 is 16.9 Å². The number of carbonyl (C=O) groups is 1. The van der Waals surface area contributed by atoms with Gasteiger partial charge in [-0.3, -0.25) is 0 Å². The molecule has 25 heavy (non-hydrogen) atoms. The van der Waals surface area contributed by atoms with Gasteiger partial charge in [-0.1, -0.05) is 32.0 Å². The molecule has 3 rings (SSSR count). The Labute approximate surface area is 146 Å². The van der Waals surface area contributed by atoms with Gasteiger partial charge in [0.2, 0.25) is 0 Å². The third-order valence-electron chi connectivity index (χ3n) is 4.11. The van der Waals surface area contributed by atoms with Crippen LogP contribution in [-0.2, 0) is 4.74 Å². The van der Waals surface area contributed by atoms with Crippen LogP contribution in [-0.4, -0.2) is 17.6 Å². The summed E-state index contributed by atoms with van der Waals surface area (Å²) < 4.78 is 18.6. The molecule has 0 saturated heterocycles. The third kappa shape index (κ3) is 3.25. The molecule has 0 bridgehead atoms. The molecule has 0 aliphatic heterocycles. The van der Waals surface area contributed by atoms with Gasteiger partial charge < -0.3 is 4.74 Å². The highest BCUT2D eigenvalue weighted by molar-refractivity contribution is 6.03. The zero-order valence-corrected chi connectivity index (χ0v) is 14.5. The molecule has 0 fully saturated rings. The lowest BCUT2D eigenvalue weighted by Gasteiger charge is -2.18. The highest BCUT2D eigenvalue weighted by Gasteiger charge is 2.24. The minimum Gasteiger partial charge on any atom is -0.462 e. The molecule has 128 valence electrons. The van der Waals surface area contributed by atoms with Crippen molar-refractivity contribution in [3.05, 3.63) is 65.5 Å². The molecule has 1 aromatic heterocycles. The van der Waals surface area contributed by atoms with Crippen LogP contribution >= 0.6 is 0 Å². The molecule has 0 aliphatic carbocycles. The second-order valence-corrected chi connectivity index (χ2v) is 6.15. The van der Waals surface area contributed by atoms with Gasteiger partial charge in [-0.25, -0.2) is 14.2 Å². The lowest BCUT2D eigenvalue weighted by Crippen LogP contribution is -2.13. The van der Waals surface area contributed by atoms with E-state index in [1.54, 1.807) is 19.1 Å². The summed E-state index contributed by atoms with van der Waals surface area (Å²) in [4.78, 5) is 17.4. The van der Waals surface area contributed by atoms with Gasteiger partial charge in [-0.05, 0) is 48.7 Å². The molecule has 3 aromatic rings. The molecule has 0 N–H and O–H groups in total. The number of aromatic nitrogens is 1. The maximum Gasteiger partial charge on any atom is 0.340 e. The monoisotopic (exact) mass is 337 g/mol. The van der Waals surface area contributed by atoms with Crippen LogP contribution in [0.4, 0.5) is 4.39 Å². The molecule has 0 unspecified atom stereocenters. The van der Waals surface area contributed by atoms with Crippen molar-refractivity contribution < 1.29 is 13.9 Å². The fraction of sp³-hybridized carbons (Fsp3) is 0.238. The normalized spacial score (nSPS) is 11.1. The van der Waals surface area contributed by atoms with E-state index in [9.17, 15) is 9.18 Å². The van der Waals surface area contributed by atoms with Crippen LogP contribution in [0.1, 0.15) is 42.6 Å². The van der Waals surface area contributed by atoms with E-state index in [2.05, 4.69) is 0 Å². The lowest BCUT2D eigenvalue weighted by molar-refractivity contribution is 0.0525. The van der Waals surface area contributed by atoms with Crippen LogP contribution in [0.15, 0.2) is 48.5 Å². The number of para-hydroxylation sites is 1. The Hall–Kier alpha value is -2.75. The summed E-state index contributed by atoms with van der Waals surface area (Å²) in [6.07, 6.45) is 0. The number of carbonyl (C=O) groups excluding carboxylic acids is 1. The molecule has 0 amide bonds. The zero-order valence-electron chi connectivity index (χ0n) is 14.5. The van der Waals surface area contributed by atoms with Crippen molar-refractivity contribution in [1.82, 2.24) is 4.98 Å². The molecule has 1 heterocycles. The molecular weight excluding hydrogens is 317 g/mol. The minimum atomic E-state index is -0.399. The summed E-state index contributed by atoms with van der Waals surface area (Å²) in [7, 11) is 0. The number of fused-ring (bicyclic) bond motifs is 1. The van der Waals surface area contributed by atoms with E-state index in [0.717, 1.165) is 16.5 Å². The summed E-state index contributed by atoms with van der Waals surface area (Å²) in [5.41, 5.74) is 3.39. The van der Waals surface area contributed by atoms with E-state index >= 15 is 0 Å². The van der Waals surface area contributed by atoms with Crippen molar-refractivity contribution in [3.8, 4) is 11.3 Å². The van der Waals surface area contributed by atoms with Crippen LogP contribution < -0.4 is 0 Å². The summed E-state index contributed by atoms with van der Waals surface area (Å²) in [5.74, 6) is -0.624. The molecule has 2 aromatic carbocycles. The fourth-order valence-electron chi connectivity index (χ4n) is 3.06. The summed E-state index contributed by atoms with van der Waals surface area (Å²) in [6, 6.07) is 13.8. The van der Waals surface area contributed by atoms with Crippen LogP contribution in [0.5, 0.6) is 0 Å². The molecule has 3 nitrogen and oxygen atoms in total. The number of esters is 1. The maximum absolute atomic E-state index is 13.3. The Balaban J connectivity index is 2.39. The SMILES string of the molecule is CCOC(=O)c1c(-c2ccc(F)cc2)nc2ccccc2c1C(C)C. The predicted molar refractivity (Wildman–Crippen MR) is 97.2 cm³/mol. The third-order valence-corrected chi connectivity index (χ3v) is 4.11. The minimum absolute atomic E-state index is 0.103. The molecule has 0 atom stereocenters. The first kappa shape index (κ1) is 17.1. The van der Waals surface area contributed by atoms with E-state index in [1.165, 1.54) is 12.1 Å². The van der Waals surface area contributed by atoms with Gasteiger partial charge in [0.25, 0.3) is 0 Å². The van der Waals surface area contributed by atoms with E-state index in [0.29, 0.717) is 16.8 Å². The second-order valence-electron chi connectivity index (χ2n) is 6.15. The smallest absolute Gasteiger partial charge is 0.340 e. The van der Waals surface area contributed by atoms with Gasteiger partial charge in [0.05, 0.1) is 23.4 Å². The molecule has 0 saturated carbocycles. The van der Waals surface area contributed by atoms with Crippen LogP contribution in [0.3, 0.4) is 0 Å². The van der Waals surface area contributed by atoms with Gasteiger partial charge in [0.1, 0.15) is 5.82 Å². The Morgan fingerprint density at radius 3 is 2.44 bits per heavy atom. The number of pyridine rings is 1. The maximum atomic E-state index is 13.3. The zero-order chi connectivity index (χ0) is 18.0. The standard InChI is InChI=1S/C21H20FNO2/c1-4-25-21(24)19-18(13(2)3)16-7-5-6-8-17(16)23-20(19)14-9-11-15(22)12-10-14/h5-13H,4H2,1-3H3. The summed E-state index contributed by atoms with van der Waals surface area (Å²) in [5, 5.41) is 0.936. The van der Waals surface area contributed by atoms with E-state index in [1.807, 2.05) is 38.1 Å². The van der Waals surface area contributed by atoms with Crippen LogP contribution in [0, 0.1) is 5.82 Å². The van der Waals surface area contributed by atoms with Gasteiger partial charge in [-0.15, -0.1) is 0 Å². The van der Waals surface area contributed by atoms with Gasteiger partial charge in [-0.2, -0.15) is 0 Å². The fourth-order valence-corrected chi connectivity index (χ4v) is 3.06. The Kier molecular flexibility index (Phi) is 4.79. The van der Waals surface area contributed by atoms with Crippen LogP contribution in [0.25, 0.3) is 22.2 Å². The molecule has 0 radical (unpaired) electrons. The van der Waals surface area contributed by atoms with Crippen molar-refractivity contribution in [2.45, 2.75) is 26.7 Å². The highest BCUT2D eigenvalue weighted by atomic mass is 19.1. The Morgan fingerprint density at radius 2 is 1.80 bits per heavy atom. The molecular formula is C21H20FNO2. The summed E-state index contributed by atoms with van der Waals surface area (Å²) in [6.45, 7) is 6.14. The van der Waals surface area contributed by atoms with Crippen molar-refractivity contribution in [1.29, 1.82) is 0 Å². The topological polar surface area (TPSA) is 39.2 Å². The first-order chi connectivity index (χ1) is 12.0. The average molecular weight is 337 g/mol. The Bertz CT molecular complexity index is 917. The Morgan fingerprint density at radius 1 is 1.12 bits per heavy atom. The van der Waals surface area contributed by atoms with Crippen LogP contribution in [0.2, 0.25) is 0 Å². The number of hydrogen-bond donors (Lipinski definition) is 0. The number of rotatable bonds is 4.